The fourth-order valence-corrected chi connectivity index (χ4v) is 1.54. The summed E-state index contributed by atoms with van der Waals surface area (Å²) in [4.78, 5) is 7.36. The molecule has 0 unspecified atom stereocenters. The van der Waals surface area contributed by atoms with Crippen molar-refractivity contribution in [2.45, 2.75) is 25.9 Å². The Morgan fingerprint density at radius 1 is 1.62 bits per heavy atom. The Hall–Kier alpha value is -0.450. The fourth-order valence-electron chi connectivity index (χ4n) is 0.889. The first kappa shape index (κ1) is 10.6. The van der Waals surface area contributed by atoms with Gasteiger partial charge in [0.15, 0.2) is 0 Å². The summed E-state index contributed by atoms with van der Waals surface area (Å²) in [6.07, 6.45) is 1.87. The van der Waals surface area contributed by atoms with Crippen molar-refractivity contribution in [2.75, 3.05) is 13.7 Å². The van der Waals surface area contributed by atoms with Gasteiger partial charge in [-0.2, -0.15) is 0 Å². The van der Waals surface area contributed by atoms with Crippen LogP contribution in [0.25, 0.3) is 0 Å². The predicted molar refractivity (Wildman–Crippen MR) is 54.7 cm³/mol. The Morgan fingerprint density at radius 3 is 2.77 bits per heavy atom. The molecule has 1 rings (SSSR count). The monoisotopic (exact) mass is 200 g/mol. The molecule has 0 aliphatic rings. The molecule has 3 nitrogen and oxygen atoms in total. The van der Waals surface area contributed by atoms with Crippen LogP contribution in [0.2, 0.25) is 0 Å². The molecule has 0 amide bonds. The predicted octanol–water partition coefficient (Wildman–Crippen LogP) is 1.35. The zero-order valence-corrected chi connectivity index (χ0v) is 9.14. The maximum Gasteiger partial charge on any atom is 0.0794 e. The Labute approximate surface area is 83.0 Å². The number of thiazole rings is 1. The van der Waals surface area contributed by atoms with Crippen molar-refractivity contribution in [3.63, 3.8) is 0 Å². The highest BCUT2D eigenvalue weighted by molar-refractivity contribution is 7.09. The molecule has 0 fully saturated rings. The van der Waals surface area contributed by atoms with Gasteiger partial charge in [-0.1, -0.05) is 0 Å². The minimum Gasteiger partial charge on any atom is -0.394 e. The van der Waals surface area contributed by atoms with E-state index in [0.717, 1.165) is 6.54 Å². The molecule has 0 saturated heterocycles. The van der Waals surface area contributed by atoms with Crippen LogP contribution >= 0.6 is 11.3 Å². The van der Waals surface area contributed by atoms with Gasteiger partial charge in [-0.3, -0.25) is 9.88 Å². The topological polar surface area (TPSA) is 36.4 Å². The van der Waals surface area contributed by atoms with Crippen LogP contribution in [0.4, 0.5) is 0 Å². The number of rotatable bonds is 4. The van der Waals surface area contributed by atoms with Crippen LogP contribution in [-0.2, 0) is 6.54 Å². The van der Waals surface area contributed by atoms with Gasteiger partial charge in [0.2, 0.25) is 0 Å². The number of nitrogens with zero attached hydrogens (tertiary/aromatic N) is 2. The molecule has 74 valence electrons. The van der Waals surface area contributed by atoms with E-state index in [1.165, 1.54) is 4.88 Å². The number of aromatic nitrogens is 1. The Kier molecular flexibility index (Phi) is 3.41. The zero-order chi connectivity index (χ0) is 9.90. The molecule has 4 heteroatoms. The smallest absolute Gasteiger partial charge is 0.0794 e. The molecule has 0 bridgehead atoms. The number of aliphatic hydroxyl groups is 1. The molecule has 0 radical (unpaired) electrons. The highest BCUT2D eigenvalue weighted by Crippen LogP contribution is 2.16. The van der Waals surface area contributed by atoms with Crippen molar-refractivity contribution in [3.05, 3.63) is 16.6 Å². The van der Waals surface area contributed by atoms with Crippen molar-refractivity contribution >= 4 is 11.3 Å². The molecule has 0 saturated carbocycles. The minimum absolute atomic E-state index is 0.163. The molecule has 1 N–H and O–H groups in total. The third kappa shape index (κ3) is 2.76. The summed E-state index contributed by atoms with van der Waals surface area (Å²) < 4.78 is 0. The summed E-state index contributed by atoms with van der Waals surface area (Å²) in [5.41, 5.74) is 1.67. The lowest BCUT2D eigenvalue weighted by molar-refractivity contribution is 0.0741. The standard InChI is InChI=1S/C9H16N2OS/c1-9(2,6-12)11(3)5-8-4-10-7-13-8/h4,7,12H,5-6H2,1-3H3. The third-order valence-corrected chi connectivity index (χ3v) is 3.06. The highest BCUT2D eigenvalue weighted by atomic mass is 32.1. The van der Waals surface area contributed by atoms with Gasteiger partial charge in [-0.05, 0) is 20.9 Å². The lowest BCUT2D eigenvalue weighted by Gasteiger charge is -2.33. The fraction of sp³-hybridized carbons (Fsp3) is 0.667. The average molecular weight is 200 g/mol. The molecule has 0 aromatic carbocycles. The van der Waals surface area contributed by atoms with Gasteiger partial charge < -0.3 is 5.11 Å². The van der Waals surface area contributed by atoms with Crippen LogP contribution in [0.3, 0.4) is 0 Å². The van der Waals surface area contributed by atoms with Gasteiger partial charge >= 0.3 is 0 Å². The average Bonchev–Trinajstić information content (AvgIpc) is 2.57. The van der Waals surface area contributed by atoms with E-state index in [0.29, 0.717) is 0 Å². The van der Waals surface area contributed by atoms with Gasteiger partial charge in [-0.25, -0.2) is 0 Å². The second-order valence-electron chi connectivity index (χ2n) is 3.79. The molecule has 0 aliphatic carbocycles. The van der Waals surface area contributed by atoms with Crippen molar-refractivity contribution in [1.82, 2.24) is 9.88 Å². The molecule has 0 atom stereocenters. The summed E-state index contributed by atoms with van der Waals surface area (Å²) in [6.45, 7) is 5.06. The summed E-state index contributed by atoms with van der Waals surface area (Å²) in [7, 11) is 2.01. The Bertz CT molecular complexity index is 246. The molecule has 0 spiro atoms. The summed E-state index contributed by atoms with van der Waals surface area (Å²) in [5, 5.41) is 9.14. The zero-order valence-electron chi connectivity index (χ0n) is 8.32. The number of hydrogen-bond donors (Lipinski definition) is 1. The third-order valence-electron chi connectivity index (χ3n) is 2.30. The molecule has 1 aromatic heterocycles. The highest BCUT2D eigenvalue weighted by Gasteiger charge is 2.22. The van der Waals surface area contributed by atoms with Crippen molar-refractivity contribution in [1.29, 1.82) is 0 Å². The van der Waals surface area contributed by atoms with Gasteiger partial charge in [0.05, 0.1) is 12.1 Å². The van der Waals surface area contributed by atoms with E-state index in [2.05, 4.69) is 9.88 Å². The minimum atomic E-state index is -0.163. The van der Waals surface area contributed by atoms with Crippen molar-refractivity contribution in [3.8, 4) is 0 Å². The number of hydrogen-bond acceptors (Lipinski definition) is 4. The van der Waals surface area contributed by atoms with Gasteiger partial charge in [0.1, 0.15) is 0 Å². The maximum atomic E-state index is 9.14. The van der Waals surface area contributed by atoms with E-state index < -0.39 is 0 Å². The van der Waals surface area contributed by atoms with Crippen LogP contribution in [-0.4, -0.2) is 34.2 Å². The van der Waals surface area contributed by atoms with E-state index in [1.807, 2.05) is 32.6 Å². The summed E-state index contributed by atoms with van der Waals surface area (Å²) in [6, 6.07) is 0. The normalized spacial score (nSPS) is 12.4. The second-order valence-corrected chi connectivity index (χ2v) is 4.77. The second kappa shape index (κ2) is 4.17. The SMILES string of the molecule is CN(Cc1cncs1)C(C)(C)CO. The molecule has 1 aromatic rings. The van der Waals surface area contributed by atoms with Gasteiger partial charge in [0, 0.05) is 23.2 Å². The van der Waals surface area contributed by atoms with Crippen molar-refractivity contribution < 1.29 is 5.11 Å². The molecular weight excluding hydrogens is 184 g/mol. The number of aliphatic hydroxyl groups excluding tert-OH is 1. The van der Waals surface area contributed by atoms with Crippen molar-refractivity contribution in [2.24, 2.45) is 0 Å². The van der Waals surface area contributed by atoms with E-state index in [4.69, 9.17) is 5.11 Å². The molecule has 13 heavy (non-hydrogen) atoms. The van der Waals surface area contributed by atoms with E-state index in [-0.39, 0.29) is 12.1 Å². The maximum absolute atomic E-state index is 9.14. The lowest BCUT2D eigenvalue weighted by Crippen LogP contribution is -2.43. The molecular formula is C9H16N2OS. The molecule has 0 aliphatic heterocycles. The first-order valence-corrected chi connectivity index (χ1v) is 5.13. The quantitative estimate of drug-likeness (QED) is 0.797. The van der Waals surface area contributed by atoms with Crippen LogP contribution in [0.5, 0.6) is 0 Å². The Balaban J connectivity index is 2.55. The lowest BCUT2D eigenvalue weighted by atomic mass is 10.1. The van der Waals surface area contributed by atoms with Crippen LogP contribution in [0, 0.1) is 0 Å². The van der Waals surface area contributed by atoms with Crippen LogP contribution < -0.4 is 0 Å². The van der Waals surface area contributed by atoms with E-state index >= 15 is 0 Å². The van der Waals surface area contributed by atoms with Crippen LogP contribution in [0.15, 0.2) is 11.7 Å². The summed E-state index contributed by atoms with van der Waals surface area (Å²) >= 11 is 1.64. The molecule has 1 heterocycles. The van der Waals surface area contributed by atoms with E-state index in [1.54, 1.807) is 11.3 Å². The Morgan fingerprint density at radius 2 is 2.31 bits per heavy atom. The summed E-state index contributed by atoms with van der Waals surface area (Å²) in [5.74, 6) is 0. The largest absolute Gasteiger partial charge is 0.394 e. The van der Waals surface area contributed by atoms with Crippen LogP contribution in [0.1, 0.15) is 18.7 Å². The van der Waals surface area contributed by atoms with Gasteiger partial charge in [-0.15, -0.1) is 11.3 Å². The van der Waals surface area contributed by atoms with Gasteiger partial charge in [0.25, 0.3) is 0 Å². The first-order valence-electron chi connectivity index (χ1n) is 4.26. The first-order chi connectivity index (χ1) is 6.06. The number of likely N-dealkylation sites (N-methyl/N-ethyl adjacent to an activating group) is 1. The van der Waals surface area contributed by atoms with E-state index in [9.17, 15) is 0 Å².